The minimum absolute atomic E-state index is 0.975. The fraction of sp³-hybridized carbons (Fsp3) is 0. The zero-order valence-corrected chi connectivity index (χ0v) is 30.3. The number of aromatic nitrogens is 5. The Labute approximate surface area is 323 Å². The highest BCUT2D eigenvalue weighted by Gasteiger charge is 2.18. The summed E-state index contributed by atoms with van der Waals surface area (Å²) in [6.45, 7) is 0. The van der Waals surface area contributed by atoms with E-state index in [0.717, 1.165) is 83.1 Å². The molecule has 11 aromatic rings. The van der Waals surface area contributed by atoms with Crippen molar-refractivity contribution in [1.29, 1.82) is 0 Å². The Morgan fingerprint density at radius 1 is 0.304 bits per heavy atom. The molecule has 56 heavy (non-hydrogen) atoms. The molecule has 5 aromatic heterocycles. The third-order valence-electron chi connectivity index (χ3n) is 10.9. The lowest BCUT2D eigenvalue weighted by molar-refractivity contribution is 1.13. The fourth-order valence-corrected chi connectivity index (χ4v) is 8.28. The summed E-state index contributed by atoms with van der Waals surface area (Å²) in [6.07, 6.45) is 7.49. The van der Waals surface area contributed by atoms with E-state index in [1.54, 1.807) is 0 Å². The normalized spacial score (nSPS) is 11.6. The number of rotatable bonds is 6. The minimum atomic E-state index is 0.975. The van der Waals surface area contributed by atoms with Gasteiger partial charge >= 0.3 is 0 Å². The number of hydrogen-bond acceptors (Lipinski definition) is 3. The smallest absolute Gasteiger partial charge is 0.0963 e. The van der Waals surface area contributed by atoms with Crippen molar-refractivity contribution < 1.29 is 0 Å². The molecule has 0 amide bonds. The van der Waals surface area contributed by atoms with Crippen LogP contribution in [0, 0.1) is 0 Å². The molecule has 11 rings (SSSR count). The second-order valence-electron chi connectivity index (χ2n) is 14.2. The average molecular weight is 716 g/mol. The number of pyridine rings is 3. The van der Waals surface area contributed by atoms with E-state index in [0.29, 0.717) is 0 Å². The zero-order chi connectivity index (χ0) is 37.0. The van der Waals surface area contributed by atoms with Crippen molar-refractivity contribution in [2.45, 2.75) is 0 Å². The van der Waals surface area contributed by atoms with Gasteiger partial charge in [0.2, 0.25) is 0 Å². The number of hydrogen-bond donors (Lipinski definition) is 0. The van der Waals surface area contributed by atoms with Crippen LogP contribution < -0.4 is 0 Å². The van der Waals surface area contributed by atoms with Gasteiger partial charge in [-0.3, -0.25) is 15.0 Å². The summed E-state index contributed by atoms with van der Waals surface area (Å²) >= 11 is 0. The predicted molar refractivity (Wildman–Crippen MR) is 230 cm³/mol. The van der Waals surface area contributed by atoms with Crippen molar-refractivity contribution >= 4 is 43.9 Å². The topological polar surface area (TPSA) is 48.5 Å². The molecular formula is C51H33N5. The molecule has 0 bridgehead atoms. The molecule has 0 aliphatic carbocycles. The maximum Gasteiger partial charge on any atom is 0.0963 e. The lowest BCUT2D eigenvalue weighted by Gasteiger charge is -2.13. The van der Waals surface area contributed by atoms with Crippen LogP contribution in [0.25, 0.3) is 99.8 Å². The Balaban J connectivity index is 1.03. The molecular weight excluding hydrogens is 683 g/mol. The Hall–Kier alpha value is -7.63. The Morgan fingerprint density at radius 3 is 1.32 bits per heavy atom. The van der Waals surface area contributed by atoms with Crippen molar-refractivity contribution in [1.82, 2.24) is 24.1 Å². The Morgan fingerprint density at radius 2 is 0.768 bits per heavy atom. The van der Waals surface area contributed by atoms with Crippen molar-refractivity contribution in [2.75, 3.05) is 0 Å². The van der Waals surface area contributed by atoms with Gasteiger partial charge in [0.15, 0.2) is 0 Å². The maximum absolute atomic E-state index is 4.93. The number of benzene rings is 6. The van der Waals surface area contributed by atoms with E-state index in [-0.39, 0.29) is 0 Å². The molecule has 0 aliphatic rings. The zero-order valence-electron chi connectivity index (χ0n) is 30.3. The SMILES string of the molecule is c1ccc(-c2cccc(-c3ccc4c(c3)c3ncccc3n4-c3cccc(-n4c5ccc(-c6cccc(-c7cccnc7)c6)cc5c5ncccc54)c3)c2)cc1. The molecule has 0 radical (unpaired) electrons. The molecule has 0 saturated heterocycles. The van der Waals surface area contributed by atoms with Gasteiger partial charge in [-0.1, -0.05) is 91.0 Å². The molecule has 0 fully saturated rings. The molecule has 6 aromatic carbocycles. The largest absolute Gasteiger partial charge is 0.308 e. The minimum Gasteiger partial charge on any atom is -0.308 e. The molecule has 0 unspecified atom stereocenters. The van der Waals surface area contributed by atoms with E-state index in [1.807, 2.05) is 43.0 Å². The molecule has 0 spiro atoms. The second kappa shape index (κ2) is 13.0. The van der Waals surface area contributed by atoms with Gasteiger partial charge in [0.25, 0.3) is 0 Å². The summed E-state index contributed by atoms with van der Waals surface area (Å²) in [5.41, 5.74) is 17.7. The summed E-state index contributed by atoms with van der Waals surface area (Å²) in [4.78, 5) is 14.2. The summed E-state index contributed by atoms with van der Waals surface area (Å²) in [7, 11) is 0. The van der Waals surface area contributed by atoms with Crippen LogP contribution in [0.4, 0.5) is 0 Å². The van der Waals surface area contributed by atoms with Crippen molar-refractivity contribution in [3.63, 3.8) is 0 Å². The van der Waals surface area contributed by atoms with Gasteiger partial charge in [0, 0.05) is 52.5 Å². The van der Waals surface area contributed by atoms with Crippen LogP contribution in [0.3, 0.4) is 0 Å². The van der Waals surface area contributed by atoms with Crippen LogP contribution in [0.1, 0.15) is 0 Å². The number of nitrogens with zero attached hydrogens (tertiary/aromatic N) is 5. The Bertz CT molecular complexity index is 3030. The van der Waals surface area contributed by atoms with E-state index >= 15 is 0 Å². The highest BCUT2D eigenvalue weighted by atomic mass is 15.0. The third-order valence-corrected chi connectivity index (χ3v) is 10.9. The van der Waals surface area contributed by atoms with Gasteiger partial charge in [-0.2, -0.15) is 0 Å². The first-order chi connectivity index (χ1) is 27.8. The highest BCUT2D eigenvalue weighted by molar-refractivity contribution is 6.10. The standard InChI is InChI=1S/C51H33N5/c1-2-10-34(11-3-1)35-12-4-13-36(28-35)39-21-23-46-44(30-39)50-48(19-8-26-53-50)55(46)42-17-6-18-43(32-42)56-47-24-22-40(31-45(47)51-49(56)20-9-27-54-51)37-14-5-15-38(29-37)41-16-7-25-52-33-41/h1-33H. The van der Waals surface area contributed by atoms with Gasteiger partial charge < -0.3 is 9.13 Å². The quantitative estimate of drug-likeness (QED) is 0.172. The van der Waals surface area contributed by atoms with Crippen LogP contribution in [0.5, 0.6) is 0 Å². The molecule has 0 atom stereocenters. The van der Waals surface area contributed by atoms with Gasteiger partial charge in [0.05, 0.1) is 33.1 Å². The predicted octanol–water partition coefficient (Wildman–Crippen LogP) is 12.7. The second-order valence-corrected chi connectivity index (χ2v) is 14.2. The van der Waals surface area contributed by atoms with Crippen LogP contribution in [0.2, 0.25) is 0 Å². The van der Waals surface area contributed by atoms with Crippen molar-refractivity contribution in [3.8, 4) is 55.9 Å². The molecule has 5 nitrogen and oxygen atoms in total. The highest BCUT2D eigenvalue weighted by Crippen LogP contribution is 2.38. The van der Waals surface area contributed by atoms with Gasteiger partial charge in [0.1, 0.15) is 0 Å². The Kier molecular flexibility index (Phi) is 7.42. The third kappa shape index (κ3) is 5.29. The van der Waals surface area contributed by atoms with E-state index in [4.69, 9.17) is 9.97 Å². The van der Waals surface area contributed by atoms with Gasteiger partial charge in [-0.15, -0.1) is 0 Å². The van der Waals surface area contributed by atoms with Gasteiger partial charge in [-0.05, 0) is 124 Å². The lowest BCUT2D eigenvalue weighted by Crippen LogP contribution is -1.98. The molecule has 0 N–H and O–H groups in total. The van der Waals surface area contributed by atoms with Gasteiger partial charge in [-0.25, -0.2) is 0 Å². The molecule has 5 heteroatoms. The van der Waals surface area contributed by atoms with Crippen molar-refractivity contribution in [3.05, 3.63) is 201 Å². The van der Waals surface area contributed by atoms with E-state index in [2.05, 4.69) is 172 Å². The van der Waals surface area contributed by atoms with Crippen LogP contribution in [0.15, 0.2) is 201 Å². The van der Waals surface area contributed by atoms with E-state index in [1.165, 1.54) is 16.7 Å². The number of fused-ring (bicyclic) bond motifs is 6. The molecule has 5 heterocycles. The summed E-state index contributed by atoms with van der Waals surface area (Å²) in [5.74, 6) is 0. The first-order valence-corrected chi connectivity index (χ1v) is 18.8. The monoisotopic (exact) mass is 715 g/mol. The van der Waals surface area contributed by atoms with Crippen molar-refractivity contribution in [2.24, 2.45) is 0 Å². The molecule has 0 saturated carbocycles. The first-order valence-electron chi connectivity index (χ1n) is 18.8. The fourth-order valence-electron chi connectivity index (χ4n) is 8.28. The van der Waals surface area contributed by atoms with Crippen LogP contribution in [-0.4, -0.2) is 24.1 Å². The van der Waals surface area contributed by atoms with Crippen LogP contribution in [-0.2, 0) is 0 Å². The summed E-state index contributed by atoms with van der Waals surface area (Å²) in [6, 6.07) is 62.7. The summed E-state index contributed by atoms with van der Waals surface area (Å²) in [5, 5.41) is 2.23. The van der Waals surface area contributed by atoms with E-state index < -0.39 is 0 Å². The molecule has 0 aliphatic heterocycles. The van der Waals surface area contributed by atoms with E-state index in [9.17, 15) is 0 Å². The summed E-state index contributed by atoms with van der Waals surface area (Å²) < 4.78 is 4.67. The molecule has 262 valence electrons. The maximum atomic E-state index is 4.93. The first kappa shape index (κ1) is 31.9. The lowest BCUT2D eigenvalue weighted by atomic mass is 9.98. The van der Waals surface area contributed by atoms with Crippen LogP contribution >= 0.6 is 0 Å². The average Bonchev–Trinajstić information content (AvgIpc) is 3.79.